The smallest absolute Gasteiger partial charge is 0.127 e. The molecular formula is C18H23NO. The van der Waals surface area contributed by atoms with Gasteiger partial charge < -0.3 is 10.8 Å². The number of aliphatic hydroxyl groups is 1. The van der Waals surface area contributed by atoms with E-state index in [1.807, 2.05) is 24.3 Å². The summed E-state index contributed by atoms with van der Waals surface area (Å²) in [7, 11) is 0. The second-order valence-corrected chi connectivity index (χ2v) is 5.17. The molecule has 0 radical (unpaired) electrons. The SMILES string of the molecule is CCc1ccc(C(O)(CN)c2ccc(CC)cc2)cc1. The largest absolute Gasteiger partial charge is 0.379 e. The van der Waals surface area contributed by atoms with Crippen LogP contribution in [-0.2, 0) is 18.4 Å². The lowest BCUT2D eigenvalue weighted by molar-refractivity contribution is 0.0902. The predicted molar refractivity (Wildman–Crippen MR) is 83.7 cm³/mol. The van der Waals surface area contributed by atoms with E-state index in [1.54, 1.807) is 0 Å². The molecule has 0 fully saturated rings. The van der Waals surface area contributed by atoms with Crippen molar-refractivity contribution in [2.24, 2.45) is 5.73 Å². The van der Waals surface area contributed by atoms with Gasteiger partial charge in [-0.3, -0.25) is 0 Å². The summed E-state index contributed by atoms with van der Waals surface area (Å²) in [5.74, 6) is 0. The summed E-state index contributed by atoms with van der Waals surface area (Å²) >= 11 is 0. The molecule has 2 heteroatoms. The minimum absolute atomic E-state index is 0.171. The van der Waals surface area contributed by atoms with Gasteiger partial charge in [0.05, 0.1) is 0 Å². The standard InChI is InChI=1S/C18H23NO/c1-3-14-5-9-16(10-6-14)18(20,13-19)17-11-7-15(4-2)8-12-17/h5-12,20H,3-4,13,19H2,1-2H3. The molecule has 0 aliphatic heterocycles. The highest BCUT2D eigenvalue weighted by molar-refractivity contribution is 5.39. The molecule has 20 heavy (non-hydrogen) atoms. The van der Waals surface area contributed by atoms with Crippen LogP contribution in [0, 0.1) is 0 Å². The number of rotatable bonds is 5. The number of hydrogen-bond donors (Lipinski definition) is 2. The number of benzene rings is 2. The van der Waals surface area contributed by atoms with Crippen LogP contribution in [-0.4, -0.2) is 11.7 Å². The second-order valence-electron chi connectivity index (χ2n) is 5.17. The lowest BCUT2D eigenvalue weighted by Crippen LogP contribution is -2.36. The van der Waals surface area contributed by atoms with E-state index in [1.165, 1.54) is 11.1 Å². The van der Waals surface area contributed by atoms with Crippen molar-refractivity contribution in [2.75, 3.05) is 6.54 Å². The Morgan fingerprint density at radius 2 is 1.15 bits per heavy atom. The quantitative estimate of drug-likeness (QED) is 0.876. The molecule has 0 amide bonds. The Labute approximate surface area is 121 Å². The maximum Gasteiger partial charge on any atom is 0.127 e. The van der Waals surface area contributed by atoms with Crippen molar-refractivity contribution < 1.29 is 5.11 Å². The molecule has 0 atom stereocenters. The molecule has 0 spiro atoms. The molecule has 0 aromatic heterocycles. The van der Waals surface area contributed by atoms with Gasteiger partial charge in [0.2, 0.25) is 0 Å². The second kappa shape index (κ2) is 6.21. The van der Waals surface area contributed by atoms with Crippen molar-refractivity contribution in [3.05, 3.63) is 70.8 Å². The zero-order valence-corrected chi connectivity index (χ0v) is 12.3. The van der Waals surface area contributed by atoms with Crippen molar-refractivity contribution in [3.8, 4) is 0 Å². The van der Waals surface area contributed by atoms with E-state index in [-0.39, 0.29) is 6.54 Å². The first-order valence-corrected chi connectivity index (χ1v) is 7.25. The normalized spacial score (nSPS) is 11.6. The summed E-state index contributed by atoms with van der Waals surface area (Å²) < 4.78 is 0. The van der Waals surface area contributed by atoms with Gasteiger partial charge in [0.25, 0.3) is 0 Å². The van der Waals surface area contributed by atoms with Crippen LogP contribution < -0.4 is 5.73 Å². The fourth-order valence-electron chi connectivity index (χ4n) is 2.43. The highest BCUT2D eigenvalue weighted by atomic mass is 16.3. The zero-order chi connectivity index (χ0) is 14.6. The van der Waals surface area contributed by atoms with Crippen LogP contribution in [0.25, 0.3) is 0 Å². The van der Waals surface area contributed by atoms with Crippen LogP contribution >= 0.6 is 0 Å². The highest BCUT2D eigenvalue weighted by Gasteiger charge is 2.29. The summed E-state index contributed by atoms with van der Waals surface area (Å²) in [5, 5.41) is 11.0. The fourth-order valence-corrected chi connectivity index (χ4v) is 2.43. The van der Waals surface area contributed by atoms with Gasteiger partial charge in [0.15, 0.2) is 0 Å². The van der Waals surface area contributed by atoms with E-state index in [0.29, 0.717) is 0 Å². The van der Waals surface area contributed by atoms with Crippen molar-refractivity contribution >= 4 is 0 Å². The first kappa shape index (κ1) is 14.8. The Kier molecular flexibility index (Phi) is 4.58. The molecule has 0 bridgehead atoms. The summed E-state index contributed by atoms with van der Waals surface area (Å²) in [6.07, 6.45) is 1.99. The van der Waals surface area contributed by atoms with Crippen molar-refractivity contribution in [3.63, 3.8) is 0 Å². The molecule has 3 N–H and O–H groups in total. The lowest BCUT2D eigenvalue weighted by Gasteiger charge is -2.28. The maximum atomic E-state index is 11.0. The topological polar surface area (TPSA) is 46.2 Å². The van der Waals surface area contributed by atoms with E-state index < -0.39 is 5.60 Å². The molecule has 0 unspecified atom stereocenters. The average Bonchev–Trinajstić information content (AvgIpc) is 2.54. The van der Waals surface area contributed by atoms with Crippen LogP contribution in [0.3, 0.4) is 0 Å². The zero-order valence-electron chi connectivity index (χ0n) is 12.3. The molecule has 0 aliphatic carbocycles. The van der Waals surface area contributed by atoms with Gasteiger partial charge in [-0.05, 0) is 35.1 Å². The minimum Gasteiger partial charge on any atom is -0.379 e. The van der Waals surface area contributed by atoms with Gasteiger partial charge >= 0.3 is 0 Å². The lowest BCUT2D eigenvalue weighted by atomic mass is 9.85. The molecule has 2 nitrogen and oxygen atoms in total. The molecule has 2 rings (SSSR count). The highest BCUT2D eigenvalue weighted by Crippen LogP contribution is 2.29. The predicted octanol–water partition coefficient (Wildman–Crippen LogP) is 3.01. The Bertz CT molecular complexity index is 495. The summed E-state index contributed by atoms with van der Waals surface area (Å²) in [6.45, 7) is 4.41. The number of nitrogens with two attached hydrogens (primary N) is 1. The van der Waals surface area contributed by atoms with E-state index in [4.69, 9.17) is 5.73 Å². The van der Waals surface area contributed by atoms with Gasteiger partial charge in [-0.1, -0.05) is 62.4 Å². The molecule has 2 aromatic carbocycles. The van der Waals surface area contributed by atoms with Crippen LogP contribution in [0.2, 0.25) is 0 Å². The minimum atomic E-state index is -1.11. The molecule has 0 aliphatic rings. The Balaban J connectivity index is 2.39. The first-order valence-electron chi connectivity index (χ1n) is 7.25. The van der Waals surface area contributed by atoms with Gasteiger partial charge in [0, 0.05) is 6.54 Å². The fraction of sp³-hybridized carbons (Fsp3) is 0.333. The number of hydrogen-bond acceptors (Lipinski definition) is 2. The molecule has 106 valence electrons. The average molecular weight is 269 g/mol. The third-order valence-corrected chi connectivity index (χ3v) is 3.97. The van der Waals surface area contributed by atoms with E-state index >= 15 is 0 Å². The van der Waals surface area contributed by atoms with Crippen molar-refractivity contribution in [1.82, 2.24) is 0 Å². The monoisotopic (exact) mass is 269 g/mol. The molecule has 0 heterocycles. The number of aryl methyl sites for hydroxylation is 2. The summed E-state index contributed by atoms with van der Waals surface area (Å²) in [4.78, 5) is 0. The first-order chi connectivity index (χ1) is 9.63. The van der Waals surface area contributed by atoms with E-state index in [2.05, 4.69) is 38.1 Å². The van der Waals surface area contributed by atoms with Gasteiger partial charge in [-0.2, -0.15) is 0 Å². The van der Waals surface area contributed by atoms with E-state index in [0.717, 1.165) is 24.0 Å². The summed E-state index contributed by atoms with van der Waals surface area (Å²) in [6, 6.07) is 16.1. The summed E-state index contributed by atoms with van der Waals surface area (Å²) in [5.41, 5.74) is 8.96. The molecule has 2 aromatic rings. The Morgan fingerprint density at radius 3 is 1.40 bits per heavy atom. The van der Waals surface area contributed by atoms with E-state index in [9.17, 15) is 5.11 Å². The molecular weight excluding hydrogens is 246 g/mol. The maximum absolute atomic E-state index is 11.0. The Hall–Kier alpha value is -1.64. The van der Waals surface area contributed by atoms with Crippen molar-refractivity contribution in [1.29, 1.82) is 0 Å². The third kappa shape index (κ3) is 2.77. The van der Waals surface area contributed by atoms with Crippen LogP contribution in [0.15, 0.2) is 48.5 Å². The van der Waals surface area contributed by atoms with Crippen LogP contribution in [0.4, 0.5) is 0 Å². The van der Waals surface area contributed by atoms with Crippen LogP contribution in [0.5, 0.6) is 0 Å². The third-order valence-electron chi connectivity index (χ3n) is 3.97. The van der Waals surface area contributed by atoms with Gasteiger partial charge in [-0.15, -0.1) is 0 Å². The van der Waals surface area contributed by atoms with Crippen LogP contribution in [0.1, 0.15) is 36.1 Å². The van der Waals surface area contributed by atoms with Gasteiger partial charge in [0.1, 0.15) is 5.60 Å². The molecule has 0 saturated heterocycles. The molecule has 0 saturated carbocycles. The van der Waals surface area contributed by atoms with Gasteiger partial charge in [-0.25, -0.2) is 0 Å². The Morgan fingerprint density at radius 1 is 0.800 bits per heavy atom. The van der Waals surface area contributed by atoms with Crippen molar-refractivity contribution in [2.45, 2.75) is 32.3 Å².